The minimum atomic E-state index is -0.856. The summed E-state index contributed by atoms with van der Waals surface area (Å²) in [4.78, 5) is 4.31. The fourth-order valence-corrected chi connectivity index (χ4v) is 0.256. The van der Waals surface area contributed by atoms with E-state index in [4.69, 9.17) is 0 Å². The fraction of sp³-hybridized carbons (Fsp3) is 0.333. The Morgan fingerprint density at radius 1 is 1.83 bits per heavy atom. The van der Waals surface area contributed by atoms with Gasteiger partial charge in [0.2, 0.25) is 0 Å². The van der Waals surface area contributed by atoms with Gasteiger partial charge in [-0.1, -0.05) is 0 Å². The molecule has 33 valence electrons. The van der Waals surface area contributed by atoms with Gasteiger partial charge in [-0.3, -0.25) is 0 Å². The average molecular weight is 86.1 g/mol. The summed E-state index contributed by atoms with van der Waals surface area (Å²) in [6, 6.07) is 0. The molecule has 0 saturated carbocycles. The van der Waals surface area contributed by atoms with Crippen LogP contribution in [0.4, 0.5) is 0 Å². The number of nitrogens with one attached hydrogen (secondary N) is 1. The molecule has 0 aromatic rings. The maximum atomic E-state index is 10.0. The van der Waals surface area contributed by atoms with E-state index in [0.717, 1.165) is 0 Å². The van der Waals surface area contributed by atoms with Crippen molar-refractivity contribution < 1.29 is 9.94 Å². The predicted octanol–water partition coefficient (Wildman–Crippen LogP) is -0.209. The Morgan fingerprint density at radius 2 is 2.67 bits per heavy atom. The SMILES string of the molecule is [O]C1C=CON1. The zero-order valence-corrected chi connectivity index (χ0v) is 3.05. The molecule has 0 aromatic carbocycles. The lowest BCUT2D eigenvalue weighted by Gasteiger charge is -1.90. The van der Waals surface area contributed by atoms with Crippen LogP contribution in [0.1, 0.15) is 0 Å². The van der Waals surface area contributed by atoms with Crippen molar-refractivity contribution in [1.82, 2.24) is 5.48 Å². The average Bonchev–Trinajstić information content (AvgIpc) is 1.86. The Labute approximate surface area is 35.2 Å². The molecular weight excluding hydrogens is 82.0 g/mol. The Kier molecular flexibility index (Phi) is 0.777. The van der Waals surface area contributed by atoms with E-state index in [-0.39, 0.29) is 0 Å². The second-order valence-electron chi connectivity index (χ2n) is 0.985. The summed E-state index contributed by atoms with van der Waals surface area (Å²) in [7, 11) is 0. The van der Waals surface area contributed by atoms with Gasteiger partial charge in [0.15, 0.2) is 6.23 Å². The first-order valence-corrected chi connectivity index (χ1v) is 1.63. The summed E-state index contributed by atoms with van der Waals surface area (Å²) in [5, 5.41) is 10.0. The molecule has 1 rings (SSSR count). The Bertz CT molecular complexity index is 71.2. The van der Waals surface area contributed by atoms with Gasteiger partial charge in [-0.15, -0.1) is 5.48 Å². The Morgan fingerprint density at radius 3 is 2.83 bits per heavy atom. The fourth-order valence-electron chi connectivity index (χ4n) is 0.256. The third-order valence-corrected chi connectivity index (χ3v) is 0.506. The van der Waals surface area contributed by atoms with Crippen LogP contribution >= 0.6 is 0 Å². The highest BCUT2D eigenvalue weighted by Crippen LogP contribution is 1.89. The van der Waals surface area contributed by atoms with Crippen LogP contribution in [0.3, 0.4) is 0 Å². The van der Waals surface area contributed by atoms with Crippen LogP contribution < -0.4 is 5.48 Å². The lowest BCUT2D eigenvalue weighted by atomic mass is 10.6. The van der Waals surface area contributed by atoms with Crippen LogP contribution in [0.15, 0.2) is 12.3 Å². The first-order valence-electron chi connectivity index (χ1n) is 1.63. The first kappa shape index (κ1) is 3.64. The number of rotatable bonds is 0. The van der Waals surface area contributed by atoms with Crippen molar-refractivity contribution in [1.29, 1.82) is 0 Å². The van der Waals surface area contributed by atoms with Crippen LogP contribution in [-0.2, 0) is 9.94 Å². The zero-order chi connectivity index (χ0) is 4.41. The van der Waals surface area contributed by atoms with Gasteiger partial charge in [-0.2, -0.15) is 0 Å². The zero-order valence-electron chi connectivity index (χ0n) is 3.05. The van der Waals surface area contributed by atoms with Gasteiger partial charge in [0.25, 0.3) is 0 Å². The molecule has 0 bridgehead atoms. The van der Waals surface area contributed by atoms with E-state index in [9.17, 15) is 5.11 Å². The van der Waals surface area contributed by atoms with Gasteiger partial charge in [-0.05, 0) is 0 Å². The molecule has 1 aliphatic heterocycles. The number of hydrogen-bond donors (Lipinski definition) is 1. The topological polar surface area (TPSA) is 41.2 Å². The summed E-state index contributed by atoms with van der Waals surface area (Å²) in [5.41, 5.74) is 2.15. The molecule has 0 spiro atoms. The van der Waals surface area contributed by atoms with Crippen molar-refractivity contribution >= 4 is 0 Å². The Hall–Kier alpha value is -0.540. The quantitative estimate of drug-likeness (QED) is 0.443. The lowest BCUT2D eigenvalue weighted by Crippen LogP contribution is -2.17. The monoisotopic (exact) mass is 86.0 g/mol. The lowest BCUT2D eigenvalue weighted by molar-refractivity contribution is 0.00546. The third-order valence-electron chi connectivity index (χ3n) is 0.506. The minimum Gasteiger partial charge on any atom is -0.414 e. The molecule has 0 saturated heterocycles. The van der Waals surface area contributed by atoms with Gasteiger partial charge >= 0.3 is 0 Å². The van der Waals surface area contributed by atoms with E-state index in [1.54, 1.807) is 0 Å². The maximum Gasteiger partial charge on any atom is 0.196 e. The molecule has 1 heterocycles. The third kappa shape index (κ3) is 0.502. The first-order chi connectivity index (χ1) is 2.89. The molecular formula is C3H4NO2. The van der Waals surface area contributed by atoms with E-state index < -0.39 is 6.23 Å². The van der Waals surface area contributed by atoms with Gasteiger partial charge in [0.05, 0.1) is 0 Å². The highest BCUT2D eigenvalue weighted by atomic mass is 16.7. The van der Waals surface area contributed by atoms with Crippen LogP contribution in [-0.4, -0.2) is 6.23 Å². The standard InChI is InChI=1S/C3H4NO2/c5-3-1-2-6-4-3/h1-4H. The molecule has 3 heteroatoms. The number of hydroxylamine groups is 1. The highest BCUT2D eigenvalue weighted by Gasteiger charge is 2.02. The van der Waals surface area contributed by atoms with E-state index >= 15 is 0 Å². The molecule has 6 heavy (non-hydrogen) atoms. The van der Waals surface area contributed by atoms with Crippen LogP contribution in [0.2, 0.25) is 0 Å². The normalized spacial score (nSPS) is 30.5. The summed E-state index contributed by atoms with van der Waals surface area (Å²) >= 11 is 0. The van der Waals surface area contributed by atoms with Gasteiger partial charge in [-0.25, -0.2) is 5.11 Å². The molecule has 1 atom stereocenters. The summed E-state index contributed by atoms with van der Waals surface area (Å²) in [5.74, 6) is 0. The van der Waals surface area contributed by atoms with Crippen molar-refractivity contribution in [2.75, 3.05) is 0 Å². The van der Waals surface area contributed by atoms with Crippen molar-refractivity contribution in [3.63, 3.8) is 0 Å². The van der Waals surface area contributed by atoms with Crippen molar-refractivity contribution in [3.8, 4) is 0 Å². The smallest absolute Gasteiger partial charge is 0.196 e. The molecule has 0 aromatic heterocycles. The highest BCUT2D eigenvalue weighted by molar-refractivity contribution is 4.83. The molecule has 1 N–H and O–H groups in total. The van der Waals surface area contributed by atoms with Gasteiger partial charge in [0, 0.05) is 6.08 Å². The van der Waals surface area contributed by atoms with Crippen LogP contribution in [0.25, 0.3) is 0 Å². The van der Waals surface area contributed by atoms with Crippen LogP contribution in [0, 0.1) is 0 Å². The van der Waals surface area contributed by atoms with Gasteiger partial charge in [0.1, 0.15) is 6.26 Å². The van der Waals surface area contributed by atoms with Crippen molar-refractivity contribution in [3.05, 3.63) is 12.3 Å². The Balaban J connectivity index is 2.38. The molecule has 0 amide bonds. The van der Waals surface area contributed by atoms with Crippen LogP contribution in [0.5, 0.6) is 0 Å². The summed E-state index contributed by atoms with van der Waals surface area (Å²) < 4.78 is 0. The van der Waals surface area contributed by atoms with E-state index in [2.05, 4.69) is 10.3 Å². The van der Waals surface area contributed by atoms with E-state index in [1.807, 2.05) is 0 Å². The minimum absolute atomic E-state index is 0.856. The second kappa shape index (κ2) is 1.28. The molecule has 0 fully saturated rings. The summed E-state index contributed by atoms with van der Waals surface area (Å²) in [6.07, 6.45) is 1.86. The van der Waals surface area contributed by atoms with Gasteiger partial charge < -0.3 is 4.84 Å². The maximum absolute atomic E-state index is 10.0. The largest absolute Gasteiger partial charge is 0.414 e. The number of hydrogen-bond acceptors (Lipinski definition) is 2. The second-order valence-corrected chi connectivity index (χ2v) is 0.985. The van der Waals surface area contributed by atoms with Crippen molar-refractivity contribution in [2.24, 2.45) is 0 Å². The summed E-state index contributed by atoms with van der Waals surface area (Å²) in [6.45, 7) is 0. The predicted molar refractivity (Wildman–Crippen MR) is 17.8 cm³/mol. The van der Waals surface area contributed by atoms with E-state index in [0.29, 0.717) is 0 Å². The molecule has 0 aliphatic carbocycles. The molecule has 3 nitrogen and oxygen atoms in total. The molecule has 1 radical (unpaired) electrons. The molecule has 1 unspecified atom stereocenters. The van der Waals surface area contributed by atoms with E-state index in [1.165, 1.54) is 12.3 Å². The van der Waals surface area contributed by atoms with Crippen molar-refractivity contribution in [2.45, 2.75) is 6.23 Å². The molecule has 1 aliphatic rings.